The van der Waals surface area contributed by atoms with Gasteiger partial charge in [-0.05, 0) is 59.4 Å². The lowest BCUT2D eigenvalue weighted by Crippen LogP contribution is -2.33. The van der Waals surface area contributed by atoms with Gasteiger partial charge >= 0.3 is 0 Å². The summed E-state index contributed by atoms with van der Waals surface area (Å²) in [7, 11) is 1.60. The quantitative estimate of drug-likeness (QED) is 0.679. The molecule has 0 aromatic heterocycles. The molecule has 2 aromatic carbocycles. The van der Waals surface area contributed by atoms with Gasteiger partial charge in [0.2, 0.25) is 5.91 Å². The molecule has 0 saturated carbocycles. The second-order valence-electron chi connectivity index (χ2n) is 8.66. The number of amides is 2. The van der Waals surface area contributed by atoms with Crippen molar-refractivity contribution in [2.24, 2.45) is 0 Å². The van der Waals surface area contributed by atoms with E-state index in [0.717, 1.165) is 17.7 Å². The highest BCUT2D eigenvalue weighted by Crippen LogP contribution is 2.51. The molecule has 0 bridgehead atoms. The number of nitrogens with one attached hydrogen (secondary N) is 2. The van der Waals surface area contributed by atoms with E-state index in [2.05, 4.69) is 50.5 Å². The Morgan fingerprint density at radius 2 is 1.72 bits per heavy atom. The van der Waals surface area contributed by atoms with Crippen molar-refractivity contribution in [1.29, 1.82) is 0 Å². The lowest BCUT2D eigenvalue weighted by atomic mass is 9.77. The highest BCUT2D eigenvalue weighted by atomic mass is 32.2. The molecule has 0 aliphatic carbocycles. The number of rotatable bonds is 4. The van der Waals surface area contributed by atoms with E-state index in [4.69, 9.17) is 0 Å². The molecule has 1 heterocycles. The summed E-state index contributed by atoms with van der Waals surface area (Å²) in [5, 5.41) is 5.55. The van der Waals surface area contributed by atoms with E-state index < -0.39 is 0 Å². The molecule has 0 saturated heterocycles. The Morgan fingerprint density at radius 3 is 2.38 bits per heavy atom. The molecule has 0 radical (unpaired) electrons. The van der Waals surface area contributed by atoms with Crippen LogP contribution in [0.15, 0.2) is 53.4 Å². The van der Waals surface area contributed by atoms with Crippen LogP contribution in [0.3, 0.4) is 0 Å². The normalized spacial score (nSPS) is 16.9. The van der Waals surface area contributed by atoms with Crippen LogP contribution in [0.4, 0.5) is 5.69 Å². The van der Waals surface area contributed by atoms with Gasteiger partial charge in [0.05, 0.1) is 0 Å². The zero-order valence-corrected chi connectivity index (χ0v) is 18.4. The molecule has 0 fully saturated rings. The summed E-state index contributed by atoms with van der Waals surface area (Å²) in [6.07, 6.45) is 4.34. The van der Waals surface area contributed by atoms with E-state index in [1.165, 1.54) is 16.5 Å². The summed E-state index contributed by atoms with van der Waals surface area (Å²) >= 11 is 1.90. The Hall–Kier alpha value is -2.53. The molecule has 2 amide bonds. The lowest BCUT2D eigenvalue weighted by Gasteiger charge is -2.41. The Bertz CT molecular complexity index is 959. The molecule has 1 aliphatic rings. The van der Waals surface area contributed by atoms with E-state index in [1.54, 1.807) is 25.3 Å². The molecule has 0 unspecified atom stereocenters. The third kappa shape index (κ3) is 5.10. The van der Waals surface area contributed by atoms with Crippen molar-refractivity contribution >= 4 is 35.3 Å². The van der Waals surface area contributed by atoms with Crippen molar-refractivity contribution in [1.82, 2.24) is 5.32 Å². The average molecular weight is 409 g/mol. The third-order valence-electron chi connectivity index (χ3n) is 5.06. The minimum absolute atomic E-state index is 0.0627. The molecule has 1 aliphatic heterocycles. The summed E-state index contributed by atoms with van der Waals surface area (Å²) in [5.41, 5.74) is 3.60. The summed E-state index contributed by atoms with van der Waals surface area (Å²) in [4.78, 5) is 25.2. The van der Waals surface area contributed by atoms with E-state index in [1.807, 2.05) is 30.0 Å². The Kier molecular flexibility index (Phi) is 5.90. The van der Waals surface area contributed by atoms with Gasteiger partial charge in [0.1, 0.15) is 0 Å². The maximum absolute atomic E-state index is 12.4. The van der Waals surface area contributed by atoms with Crippen molar-refractivity contribution in [3.8, 4) is 0 Å². The molecule has 5 heteroatoms. The minimum Gasteiger partial charge on any atom is -0.355 e. The van der Waals surface area contributed by atoms with Crippen molar-refractivity contribution in [2.75, 3.05) is 12.4 Å². The number of anilines is 1. The predicted molar refractivity (Wildman–Crippen MR) is 122 cm³/mol. The first kappa shape index (κ1) is 21.2. The van der Waals surface area contributed by atoms with Gasteiger partial charge in [-0.1, -0.05) is 39.8 Å². The standard InChI is InChI=1S/C24H28N2O2S/c1-23(2)15-24(3,4)29-20-12-11-18(14-19(20)23)26-21(27)13-8-16-6-9-17(10-7-16)22(28)25-5/h6-14H,15H2,1-5H3,(H,25,28)(H,26,27)/b13-8+. The molecular formula is C24H28N2O2S. The van der Waals surface area contributed by atoms with Crippen LogP contribution in [0.5, 0.6) is 0 Å². The lowest BCUT2D eigenvalue weighted by molar-refractivity contribution is -0.111. The average Bonchev–Trinajstić information content (AvgIpc) is 2.65. The van der Waals surface area contributed by atoms with Gasteiger partial charge in [-0.25, -0.2) is 0 Å². The smallest absolute Gasteiger partial charge is 0.251 e. The second kappa shape index (κ2) is 8.07. The van der Waals surface area contributed by atoms with Crippen LogP contribution in [0.2, 0.25) is 0 Å². The van der Waals surface area contributed by atoms with Crippen molar-refractivity contribution < 1.29 is 9.59 Å². The summed E-state index contributed by atoms with van der Waals surface area (Å²) in [6, 6.07) is 13.3. The minimum atomic E-state index is -0.179. The van der Waals surface area contributed by atoms with E-state index in [0.29, 0.717) is 5.56 Å². The molecule has 0 spiro atoms. The molecule has 2 N–H and O–H groups in total. The molecule has 4 nitrogen and oxygen atoms in total. The number of hydrogen-bond donors (Lipinski definition) is 2. The van der Waals surface area contributed by atoms with Gasteiger partial charge in [-0.3, -0.25) is 9.59 Å². The SMILES string of the molecule is CNC(=O)c1ccc(/C=C/C(=O)Nc2ccc3c(c2)C(C)(C)CC(C)(C)S3)cc1. The highest BCUT2D eigenvalue weighted by molar-refractivity contribution is 8.00. The first-order valence-electron chi connectivity index (χ1n) is 9.74. The molecule has 29 heavy (non-hydrogen) atoms. The van der Waals surface area contributed by atoms with Crippen LogP contribution in [0.25, 0.3) is 6.08 Å². The van der Waals surface area contributed by atoms with E-state index in [9.17, 15) is 9.59 Å². The Labute approximate surface area is 177 Å². The van der Waals surface area contributed by atoms with Crippen molar-refractivity contribution in [2.45, 2.75) is 49.2 Å². The van der Waals surface area contributed by atoms with Crippen molar-refractivity contribution in [3.63, 3.8) is 0 Å². The number of benzene rings is 2. The number of fused-ring (bicyclic) bond motifs is 1. The largest absolute Gasteiger partial charge is 0.355 e. The second-order valence-corrected chi connectivity index (χ2v) is 10.4. The van der Waals surface area contributed by atoms with E-state index >= 15 is 0 Å². The fraction of sp³-hybridized carbons (Fsp3) is 0.333. The van der Waals surface area contributed by atoms with Crippen LogP contribution < -0.4 is 10.6 Å². The molecule has 152 valence electrons. The first-order valence-corrected chi connectivity index (χ1v) is 10.6. The number of hydrogen-bond acceptors (Lipinski definition) is 3. The number of thioether (sulfide) groups is 1. The van der Waals surface area contributed by atoms with Gasteiger partial charge in [0.25, 0.3) is 5.91 Å². The highest BCUT2D eigenvalue weighted by Gasteiger charge is 2.38. The Morgan fingerprint density at radius 1 is 1.03 bits per heavy atom. The zero-order valence-electron chi connectivity index (χ0n) is 17.6. The van der Waals surface area contributed by atoms with Crippen LogP contribution >= 0.6 is 11.8 Å². The van der Waals surface area contributed by atoms with Gasteiger partial charge < -0.3 is 10.6 Å². The fourth-order valence-corrected chi connectivity index (χ4v) is 5.57. The predicted octanol–water partition coefficient (Wildman–Crippen LogP) is 5.25. The summed E-state index contributed by atoms with van der Waals surface area (Å²) < 4.78 is 0.206. The van der Waals surface area contributed by atoms with Crippen LogP contribution in [0.1, 0.15) is 55.6 Å². The number of carbonyl (C=O) groups is 2. The van der Waals surface area contributed by atoms with Crippen LogP contribution in [0, 0.1) is 0 Å². The number of carbonyl (C=O) groups excluding carboxylic acids is 2. The first-order chi connectivity index (χ1) is 13.6. The van der Waals surface area contributed by atoms with Gasteiger partial charge in [-0.15, -0.1) is 11.8 Å². The van der Waals surface area contributed by atoms with Gasteiger partial charge in [0.15, 0.2) is 0 Å². The van der Waals surface area contributed by atoms with Crippen LogP contribution in [-0.2, 0) is 10.2 Å². The summed E-state index contributed by atoms with van der Waals surface area (Å²) in [5.74, 6) is -0.308. The topological polar surface area (TPSA) is 58.2 Å². The van der Waals surface area contributed by atoms with Crippen LogP contribution in [-0.4, -0.2) is 23.6 Å². The monoisotopic (exact) mass is 408 g/mol. The zero-order chi connectivity index (χ0) is 21.2. The maximum atomic E-state index is 12.4. The maximum Gasteiger partial charge on any atom is 0.251 e. The molecular weight excluding hydrogens is 380 g/mol. The molecule has 2 aromatic rings. The van der Waals surface area contributed by atoms with Crippen molar-refractivity contribution in [3.05, 3.63) is 65.2 Å². The third-order valence-corrected chi connectivity index (χ3v) is 6.33. The van der Waals surface area contributed by atoms with Gasteiger partial charge in [0, 0.05) is 34.0 Å². The van der Waals surface area contributed by atoms with E-state index in [-0.39, 0.29) is 22.0 Å². The fourth-order valence-electron chi connectivity index (χ4n) is 3.96. The molecule has 0 atom stereocenters. The summed E-state index contributed by atoms with van der Waals surface area (Å²) in [6.45, 7) is 9.09. The Balaban J connectivity index is 1.70. The van der Waals surface area contributed by atoms with Gasteiger partial charge in [-0.2, -0.15) is 0 Å². The molecule has 3 rings (SSSR count).